The van der Waals surface area contributed by atoms with Crippen LogP contribution in [0, 0.1) is 0 Å². The lowest BCUT2D eigenvalue weighted by Gasteiger charge is -2.08. The van der Waals surface area contributed by atoms with Gasteiger partial charge in [-0.05, 0) is 42.8 Å². The fraction of sp³-hybridized carbons (Fsp3) is 0.261. The Hall–Kier alpha value is -3.46. The zero-order valence-electron chi connectivity index (χ0n) is 17.6. The first-order chi connectivity index (χ1) is 15.5. The maximum atomic E-state index is 12.0. The van der Waals surface area contributed by atoms with Crippen LogP contribution in [0.2, 0.25) is 0 Å². The lowest BCUT2D eigenvalue weighted by molar-refractivity contribution is -0.144. The summed E-state index contributed by atoms with van der Waals surface area (Å²) < 4.78 is 10.1. The Labute approximate surface area is 189 Å². The van der Waals surface area contributed by atoms with Crippen LogP contribution in [0.4, 0.5) is 5.69 Å². The van der Waals surface area contributed by atoms with Gasteiger partial charge in [0.2, 0.25) is 0 Å². The molecule has 0 bridgehead atoms. The highest BCUT2D eigenvalue weighted by molar-refractivity contribution is 7.99. The second-order valence-electron chi connectivity index (χ2n) is 6.76. The van der Waals surface area contributed by atoms with Gasteiger partial charge in [0, 0.05) is 5.69 Å². The van der Waals surface area contributed by atoms with Crippen molar-refractivity contribution in [1.29, 1.82) is 0 Å². The van der Waals surface area contributed by atoms with Crippen LogP contribution in [0.5, 0.6) is 0 Å². The van der Waals surface area contributed by atoms with E-state index in [1.807, 2.05) is 31.2 Å². The van der Waals surface area contributed by atoms with Crippen LogP contribution >= 0.6 is 11.8 Å². The second-order valence-corrected chi connectivity index (χ2v) is 7.76. The third kappa shape index (κ3) is 7.05. The van der Waals surface area contributed by atoms with E-state index in [9.17, 15) is 14.4 Å². The maximum absolute atomic E-state index is 12.0. The summed E-state index contributed by atoms with van der Waals surface area (Å²) in [5.41, 5.74) is 2.40. The fourth-order valence-corrected chi connectivity index (χ4v) is 3.25. The van der Waals surface area contributed by atoms with E-state index >= 15 is 0 Å². The molecule has 166 valence electrons. The summed E-state index contributed by atoms with van der Waals surface area (Å²) >= 11 is 1.19. The standard InChI is InChI=1S/C23H23N3O5S/c1-2-3-12-30-23(29)16-8-10-17(11-9-16)25-20(27)14-31-22(28)15-32-21-13-24-18-6-4-5-7-19(18)26-21/h4-11,13H,2-3,12,14-15H2,1H3,(H,25,27). The van der Waals surface area contributed by atoms with Crippen LogP contribution in [0.25, 0.3) is 11.0 Å². The SMILES string of the molecule is CCCCOC(=O)c1ccc(NC(=O)COC(=O)CSc2cnc3ccccc3n2)cc1. The Bertz CT molecular complexity index is 1090. The number of para-hydroxylation sites is 2. The summed E-state index contributed by atoms with van der Waals surface area (Å²) in [6, 6.07) is 13.8. The minimum absolute atomic E-state index is 0.00907. The predicted octanol–water partition coefficient (Wildman–Crippen LogP) is 3.86. The molecule has 0 unspecified atom stereocenters. The molecule has 0 aliphatic rings. The molecule has 0 saturated carbocycles. The molecule has 1 amide bonds. The molecule has 0 aliphatic carbocycles. The topological polar surface area (TPSA) is 107 Å². The number of carbonyl (C=O) groups excluding carboxylic acids is 3. The highest BCUT2D eigenvalue weighted by atomic mass is 32.2. The lowest BCUT2D eigenvalue weighted by Crippen LogP contribution is -2.21. The van der Waals surface area contributed by atoms with Gasteiger partial charge in [0.25, 0.3) is 5.91 Å². The number of rotatable bonds is 10. The molecule has 0 radical (unpaired) electrons. The first-order valence-corrected chi connectivity index (χ1v) is 11.1. The zero-order valence-corrected chi connectivity index (χ0v) is 18.4. The van der Waals surface area contributed by atoms with Gasteiger partial charge in [-0.2, -0.15) is 0 Å². The smallest absolute Gasteiger partial charge is 0.338 e. The number of aromatic nitrogens is 2. The average Bonchev–Trinajstić information content (AvgIpc) is 2.82. The van der Waals surface area contributed by atoms with Crippen molar-refractivity contribution in [3.8, 4) is 0 Å². The average molecular weight is 454 g/mol. The van der Waals surface area contributed by atoms with Crippen LogP contribution in [-0.2, 0) is 19.1 Å². The number of hydrogen-bond acceptors (Lipinski definition) is 8. The molecule has 0 aliphatic heterocycles. The van der Waals surface area contributed by atoms with Crippen LogP contribution in [-0.4, -0.2) is 46.8 Å². The summed E-state index contributed by atoms with van der Waals surface area (Å²) in [6.07, 6.45) is 3.35. The van der Waals surface area contributed by atoms with Crippen LogP contribution in [0.3, 0.4) is 0 Å². The molecule has 3 aromatic rings. The van der Waals surface area contributed by atoms with E-state index < -0.39 is 24.5 Å². The Kier molecular flexibility index (Phi) is 8.56. The molecule has 32 heavy (non-hydrogen) atoms. The number of anilines is 1. The Morgan fingerprint density at radius 3 is 2.50 bits per heavy atom. The fourth-order valence-electron chi connectivity index (χ4n) is 2.61. The van der Waals surface area contributed by atoms with Gasteiger partial charge in [-0.15, -0.1) is 0 Å². The van der Waals surface area contributed by atoms with Crippen molar-refractivity contribution in [2.24, 2.45) is 0 Å². The summed E-state index contributed by atoms with van der Waals surface area (Å²) in [6.45, 7) is 1.98. The molecular formula is C23H23N3O5S. The van der Waals surface area contributed by atoms with Crippen LogP contribution in [0.1, 0.15) is 30.1 Å². The van der Waals surface area contributed by atoms with Crippen molar-refractivity contribution in [3.63, 3.8) is 0 Å². The van der Waals surface area contributed by atoms with Gasteiger partial charge in [-0.25, -0.2) is 9.78 Å². The molecular weight excluding hydrogens is 430 g/mol. The van der Waals surface area contributed by atoms with Crippen molar-refractivity contribution in [2.75, 3.05) is 24.3 Å². The number of nitrogens with zero attached hydrogens (tertiary/aromatic N) is 2. The number of ether oxygens (including phenoxy) is 2. The van der Waals surface area contributed by atoms with Gasteiger partial charge in [0.05, 0.1) is 35.2 Å². The number of benzene rings is 2. The summed E-state index contributed by atoms with van der Waals surface area (Å²) in [7, 11) is 0. The number of fused-ring (bicyclic) bond motifs is 1. The van der Waals surface area contributed by atoms with Crippen LogP contribution < -0.4 is 5.32 Å². The largest absolute Gasteiger partial charge is 0.462 e. The van der Waals surface area contributed by atoms with Gasteiger partial charge in [0.15, 0.2) is 6.61 Å². The van der Waals surface area contributed by atoms with Crippen molar-refractivity contribution in [2.45, 2.75) is 24.8 Å². The molecule has 1 N–H and O–H groups in total. The van der Waals surface area contributed by atoms with Gasteiger partial charge in [0.1, 0.15) is 5.03 Å². The number of carbonyl (C=O) groups is 3. The van der Waals surface area contributed by atoms with E-state index in [-0.39, 0.29) is 5.75 Å². The van der Waals surface area contributed by atoms with Gasteiger partial charge < -0.3 is 14.8 Å². The van der Waals surface area contributed by atoms with Crippen molar-refractivity contribution in [3.05, 3.63) is 60.3 Å². The van der Waals surface area contributed by atoms with E-state index in [4.69, 9.17) is 9.47 Å². The summed E-state index contributed by atoms with van der Waals surface area (Å²) in [5, 5.41) is 3.21. The monoisotopic (exact) mass is 453 g/mol. The number of unbranched alkanes of at least 4 members (excludes halogenated alkanes) is 1. The molecule has 0 spiro atoms. The molecule has 0 atom stereocenters. The molecule has 9 heteroatoms. The van der Waals surface area contributed by atoms with E-state index in [0.29, 0.717) is 22.9 Å². The molecule has 1 aromatic heterocycles. The highest BCUT2D eigenvalue weighted by Crippen LogP contribution is 2.18. The first kappa shape index (κ1) is 23.2. The van der Waals surface area contributed by atoms with E-state index in [1.54, 1.807) is 30.5 Å². The number of hydrogen-bond donors (Lipinski definition) is 1. The number of amides is 1. The predicted molar refractivity (Wildman–Crippen MR) is 121 cm³/mol. The van der Waals surface area contributed by atoms with Crippen LogP contribution in [0.15, 0.2) is 59.8 Å². The third-order valence-corrected chi connectivity index (χ3v) is 5.14. The minimum Gasteiger partial charge on any atom is -0.462 e. The molecule has 2 aromatic carbocycles. The van der Waals surface area contributed by atoms with E-state index in [1.165, 1.54) is 11.8 Å². The quantitative estimate of drug-likeness (QED) is 0.280. The number of esters is 2. The second kappa shape index (κ2) is 11.8. The number of thioether (sulfide) groups is 1. The Morgan fingerprint density at radius 2 is 1.75 bits per heavy atom. The van der Waals surface area contributed by atoms with Gasteiger partial charge in [-0.3, -0.25) is 14.6 Å². The molecule has 0 fully saturated rings. The third-order valence-electron chi connectivity index (χ3n) is 4.26. The highest BCUT2D eigenvalue weighted by Gasteiger charge is 2.11. The van der Waals surface area contributed by atoms with E-state index in [2.05, 4.69) is 15.3 Å². The van der Waals surface area contributed by atoms with E-state index in [0.717, 1.165) is 23.9 Å². The Balaban J connectivity index is 1.40. The Morgan fingerprint density at radius 1 is 1.00 bits per heavy atom. The van der Waals surface area contributed by atoms with Crippen molar-refractivity contribution >= 4 is 46.3 Å². The summed E-state index contributed by atoms with van der Waals surface area (Å²) in [4.78, 5) is 44.6. The summed E-state index contributed by atoms with van der Waals surface area (Å²) in [5.74, 6) is -1.41. The van der Waals surface area contributed by atoms with Gasteiger partial charge >= 0.3 is 11.9 Å². The maximum Gasteiger partial charge on any atom is 0.338 e. The molecule has 8 nitrogen and oxygen atoms in total. The lowest BCUT2D eigenvalue weighted by atomic mass is 10.2. The normalized spacial score (nSPS) is 10.5. The minimum atomic E-state index is -0.537. The molecule has 3 rings (SSSR count). The van der Waals surface area contributed by atoms with Crippen molar-refractivity contribution in [1.82, 2.24) is 9.97 Å². The molecule has 1 heterocycles. The zero-order chi connectivity index (χ0) is 22.8. The number of nitrogens with one attached hydrogen (secondary N) is 1. The molecule has 0 saturated heterocycles. The van der Waals surface area contributed by atoms with Crippen molar-refractivity contribution < 1.29 is 23.9 Å². The van der Waals surface area contributed by atoms with Gasteiger partial charge in [-0.1, -0.05) is 37.2 Å². The first-order valence-electron chi connectivity index (χ1n) is 10.1.